The van der Waals surface area contributed by atoms with Gasteiger partial charge in [-0.25, -0.2) is 4.39 Å². The quantitative estimate of drug-likeness (QED) is 0.514. The van der Waals surface area contributed by atoms with Crippen LogP contribution in [0.4, 0.5) is 10.1 Å². The number of halogens is 1. The molecule has 1 aromatic rings. The van der Waals surface area contributed by atoms with Crippen molar-refractivity contribution < 1.29 is 4.39 Å². The Labute approximate surface area is 115 Å². The molecule has 18 heavy (non-hydrogen) atoms. The van der Waals surface area contributed by atoms with Crippen LogP contribution < -0.4 is 5.32 Å². The highest BCUT2D eigenvalue weighted by Crippen LogP contribution is 2.20. The lowest BCUT2D eigenvalue weighted by Gasteiger charge is -2.13. The number of benzene rings is 1. The van der Waals surface area contributed by atoms with Crippen LogP contribution in [0.2, 0.25) is 0 Å². The first-order valence-electron chi connectivity index (χ1n) is 6.75. The number of aryl methyl sites for hydroxylation is 1. The number of thioether (sulfide) groups is 1. The maximum absolute atomic E-state index is 13.6. The SMILES string of the molecule is CCCCC[C@@H](C)SCNc1ccc(C)cc1F. The molecule has 1 aromatic carbocycles. The molecule has 0 radical (unpaired) electrons. The Bertz CT molecular complexity index is 354. The highest BCUT2D eigenvalue weighted by atomic mass is 32.2. The van der Waals surface area contributed by atoms with Crippen molar-refractivity contribution in [2.75, 3.05) is 11.2 Å². The third-order valence-corrected chi connectivity index (χ3v) is 4.09. The Morgan fingerprint density at radius 3 is 2.78 bits per heavy atom. The fourth-order valence-electron chi connectivity index (χ4n) is 1.79. The first kappa shape index (κ1) is 15.4. The lowest BCUT2D eigenvalue weighted by molar-refractivity contribution is 0.630. The largest absolute Gasteiger partial charge is 0.374 e. The van der Waals surface area contributed by atoms with Crippen LogP contribution in [0, 0.1) is 12.7 Å². The molecule has 0 saturated heterocycles. The molecule has 0 spiro atoms. The van der Waals surface area contributed by atoms with Gasteiger partial charge >= 0.3 is 0 Å². The molecular weight excluding hydrogens is 245 g/mol. The predicted octanol–water partition coefficient (Wildman–Crippen LogP) is 5.21. The van der Waals surface area contributed by atoms with E-state index in [1.165, 1.54) is 25.7 Å². The molecule has 1 nitrogen and oxygen atoms in total. The Balaban J connectivity index is 2.24. The molecule has 1 atom stereocenters. The summed E-state index contributed by atoms with van der Waals surface area (Å²) < 4.78 is 13.6. The lowest BCUT2D eigenvalue weighted by Crippen LogP contribution is -2.05. The third kappa shape index (κ3) is 5.76. The number of anilines is 1. The van der Waals surface area contributed by atoms with Crippen molar-refractivity contribution in [2.24, 2.45) is 0 Å². The van der Waals surface area contributed by atoms with Crippen LogP contribution in [0.3, 0.4) is 0 Å². The van der Waals surface area contributed by atoms with E-state index in [0.717, 1.165) is 11.4 Å². The summed E-state index contributed by atoms with van der Waals surface area (Å²) in [5.74, 6) is 0.613. The first-order chi connectivity index (χ1) is 8.63. The summed E-state index contributed by atoms with van der Waals surface area (Å²) in [5, 5.41) is 3.79. The zero-order valence-electron chi connectivity index (χ0n) is 11.6. The van der Waals surface area contributed by atoms with Crippen LogP contribution in [0.15, 0.2) is 18.2 Å². The number of hydrogen-bond acceptors (Lipinski definition) is 2. The molecule has 0 aliphatic heterocycles. The van der Waals surface area contributed by atoms with E-state index in [1.54, 1.807) is 6.07 Å². The van der Waals surface area contributed by atoms with Gasteiger partial charge in [-0.2, -0.15) is 0 Å². The number of nitrogens with one attached hydrogen (secondary N) is 1. The summed E-state index contributed by atoms with van der Waals surface area (Å²) in [4.78, 5) is 0. The van der Waals surface area contributed by atoms with Crippen LogP contribution in [0.25, 0.3) is 0 Å². The van der Waals surface area contributed by atoms with Gasteiger partial charge in [0.25, 0.3) is 0 Å². The predicted molar refractivity (Wildman–Crippen MR) is 80.8 cm³/mol. The molecule has 102 valence electrons. The molecule has 0 aliphatic rings. The second-order valence-electron chi connectivity index (χ2n) is 4.78. The molecule has 0 saturated carbocycles. The minimum Gasteiger partial charge on any atom is -0.374 e. The number of unbranched alkanes of at least 4 members (excludes halogenated alkanes) is 2. The second kappa shape index (κ2) is 8.41. The van der Waals surface area contributed by atoms with Crippen molar-refractivity contribution in [3.05, 3.63) is 29.6 Å². The van der Waals surface area contributed by atoms with Crippen molar-refractivity contribution in [3.63, 3.8) is 0 Å². The van der Waals surface area contributed by atoms with Gasteiger partial charge in [-0.1, -0.05) is 39.2 Å². The minimum absolute atomic E-state index is 0.158. The Kier molecular flexibility index (Phi) is 7.18. The van der Waals surface area contributed by atoms with Gasteiger partial charge in [0.05, 0.1) is 11.6 Å². The Morgan fingerprint density at radius 2 is 2.11 bits per heavy atom. The highest BCUT2D eigenvalue weighted by Gasteiger charge is 2.04. The average Bonchev–Trinajstić information content (AvgIpc) is 2.32. The van der Waals surface area contributed by atoms with Gasteiger partial charge in [0.2, 0.25) is 0 Å². The molecule has 0 aliphatic carbocycles. The van der Waals surface area contributed by atoms with E-state index in [4.69, 9.17) is 0 Å². The fraction of sp³-hybridized carbons (Fsp3) is 0.600. The molecule has 1 rings (SSSR count). The van der Waals surface area contributed by atoms with E-state index in [-0.39, 0.29) is 5.82 Å². The van der Waals surface area contributed by atoms with Crippen LogP contribution in [0.5, 0.6) is 0 Å². The van der Waals surface area contributed by atoms with Crippen molar-refractivity contribution in [1.29, 1.82) is 0 Å². The molecule has 0 bridgehead atoms. The standard InChI is InChI=1S/C15H24FNS/c1-4-5-6-7-13(3)18-11-17-15-9-8-12(2)10-14(15)16/h8-10,13,17H,4-7,11H2,1-3H3/t13-/m1/s1. The van der Waals surface area contributed by atoms with Crippen LogP contribution in [-0.4, -0.2) is 11.1 Å². The highest BCUT2D eigenvalue weighted by molar-refractivity contribution is 7.99. The Hall–Kier alpha value is -0.700. The maximum Gasteiger partial charge on any atom is 0.146 e. The minimum atomic E-state index is -0.158. The van der Waals surface area contributed by atoms with E-state index in [1.807, 2.05) is 30.8 Å². The van der Waals surface area contributed by atoms with Crippen LogP contribution in [-0.2, 0) is 0 Å². The van der Waals surface area contributed by atoms with Gasteiger partial charge in [-0.15, -0.1) is 11.8 Å². The van der Waals surface area contributed by atoms with Crippen molar-refractivity contribution in [3.8, 4) is 0 Å². The summed E-state index contributed by atoms with van der Waals surface area (Å²) in [6.45, 7) is 6.37. The monoisotopic (exact) mass is 269 g/mol. The number of rotatable bonds is 8. The van der Waals surface area contributed by atoms with Gasteiger partial charge < -0.3 is 5.32 Å². The zero-order chi connectivity index (χ0) is 13.4. The molecule has 0 heterocycles. The number of hydrogen-bond donors (Lipinski definition) is 1. The molecule has 0 fully saturated rings. The van der Waals surface area contributed by atoms with E-state index in [2.05, 4.69) is 19.2 Å². The summed E-state index contributed by atoms with van der Waals surface area (Å²) in [6.07, 6.45) is 5.12. The van der Waals surface area contributed by atoms with E-state index in [0.29, 0.717) is 10.9 Å². The topological polar surface area (TPSA) is 12.0 Å². The molecule has 0 unspecified atom stereocenters. The zero-order valence-corrected chi connectivity index (χ0v) is 12.4. The smallest absolute Gasteiger partial charge is 0.146 e. The van der Waals surface area contributed by atoms with Crippen molar-refractivity contribution in [1.82, 2.24) is 0 Å². The molecular formula is C15H24FNS. The van der Waals surface area contributed by atoms with Gasteiger partial charge in [0, 0.05) is 5.25 Å². The molecule has 0 aromatic heterocycles. The van der Waals surface area contributed by atoms with Crippen molar-refractivity contribution in [2.45, 2.75) is 51.7 Å². The first-order valence-corrected chi connectivity index (χ1v) is 7.80. The Morgan fingerprint density at radius 1 is 1.33 bits per heavy atom. The average molecular weight is 269 g/mol. The second-order valence-corrected chi connectivity index (χ2v) is 6.20. The normalized spacial score (nSPS) is 12.4. The van der Waals surface area contributed by atoms with E-state index in [9.17, 15) is 4.39 Å². The summed E-state index contributed by atoms with van der Waals surface area (Å²) >= 11 is 1.86. The summed E-state index contributed by atoms with van der Waals surface area (Å²) in [7, 11) is 0. The molecule has 0 amide bonds. The van der Waals surface area contributed by atoms with Crippen LogP contribution >= 0.6 is 11.8 Å². The third-order valence-electron chi connectivity index (χ3n) is 2.97. The van der Waals surface area contributed by atoms with Gasteiger partial charge in [0.1, 0.15) is 5.82 Å². The van der Waals surface area contributed by atoms with E-state index >= 15 is 0 Å². The lowest BCUT2D eigenvalue weighted by atomic mass is 10.2. The van der Waals surface area contributed by atoms with Gasteiger partial charge in [0.15, 0.2) is 0 Å². The van der Waals surface area contributed by atoms with Gasteiger partial charge in [-0.05, 0) is 31.0 Å². The fourth-order valence-corrected chi connectivity index (χ4v) is 2.65. The summed E-state index contributed by atoms with van der Waals surface area (Å²) in [5.41, 5.74) is 1.56. The molecule has 1 N–H and O–H groups in total. The van der Waals surface area contributed by atoms with E-state index < -0.39 is 0 Å². The summed E-state index contributed by atoms with van der Waals surface area (Å²) in [6, 6.07) is 5.31. The molecule has 3 heteroatoms. The maximum atomic E-state index is 13.6. The van der Waals surface area contributed by atoms with Crippen molar-refractivity contribution >= 4 is 17.4 Å². The van der Waals surface area contributed by atoms with Crippen LogP contribution in [0.1, 0.15) is 45.1 Å². The van der Waals surface area contributed by atoms with Gasteiger partial charge in [-0.3, -0.25) is 0 Å².